The summed E-state index contributed by atoms with van der Waals surface area (Å²) in [5, 5.41) is 3.09. The van der Waals surface area contributed by atoms with Crippen molar-refractivity contribution in [1.82, 2.24) is 15.6 Å². The van der Waals surface area contributed by atoms with Crippen molar-refractivity contribution in [2.75, 3.05) is 7.11 Å². The van der Waals surface area contributed by atoms with Crippen molar-refractivity contribution >= 4 is 5.91 Å². The first kappa shape index (κ1) is 15.9. The topological polar surface area (TPSA) is 77.2 Å². The Morgan fingerprint density at radius 1 is 1.41 bits per heavy atom. The number of amides is 1. The fraction of sp³-hybridized carbons (Fsp3) is 0.250. The molecular weight excluding hydrogens is 310 g/mol. The standard InChI is InChI=1S/C12H9F4N3O3/c1-21-18-9(20)5-6-2-3-7(8(13)4-6)10-17-11(22-19-10)12(14,15)16/h2-4H,5H2,1H3,(H,18,20). The van der Waals surface area contributed by atoms with Gasteiger partial charge in [0, 0.05) is 0 Å². The molecular formula is C12H9F4N3O3. The van der Waals surface area contributed by atoms with Gasteiger partial charge in [-0.2, -0.15) is 18.2 Å². The molecule has 0 saturated heterocycles. The lowest BCUT2D eigenvalue weighted by molar-refractivity contribution is -0.159. The first-order valence-corrected chi connectivity index (χ1v) is 5.83. The third kappa shape index (κ3) is 3.58. The molecule has 2 aromatic rings. The largest absolute Gasteiger partial charge is 0.471 e. The molecule has 22 heavy (non-hydrogen) atoms. The Balaban J connectivity index is 2.23. The molecule has 0 aliphatic heterocycles. The van der Waals surface area contributed by atoms with Crippen LogP contribution in [0.15, 0.2) is 22.7 Å². The van der Waals surface area contributed by atoms with E-state index < -0.39 is 29.6 Å². The van der Waals surface area contributed by atoms with Gasteiger partial charge in [0.25, 0.3) is 0 Å². The average molecular weight is 319 g/mol. The summed E-state index contributed by atoms with van der Waals surface area (Å²) >= 11 is 0. The fourth-order valence-corrected chi connectivity index (χ4v) is 1.63. The van der Waals surface area contributed by atoms with Crippen molar-refractivity contribution in [2.24, 2.45) is 0 Å². The Hall–Kier alpha value is -2.49. The highest BCUT2D eigenvalue weighted by molar-refractivity contribution is 5.77. The minimum absolute atomic E-state index is 0.162. The van der Waals surface area contributed by atoms with E-state index in [0.29, 0.717) is 5.56 Å². The molecule has 0 unspecified atom stereocenters. The number of nitrogens with zero attached hydrogens (tertiary/aromatic N) is 2. The van der Waals surface area contributed by atoms with E-state index in [0.717, 1.165) is 12.1 Å². The van der Waals surface area contributed by atoms with Crippen LogP contribution in [-0.4, -0.2) is 23.2 Å². The Morgan fingerprint density at radius 2 is 2.14 bits per heavy atom. The van der Waals surface area contributed by atoms with Gasteiger partial charge in [0.2, 0.25) is 11.7 Å². The van der Waals surface area contributed by atoms with Crippen LogP contribution in [0.3, 0.4) is 0 Å². The lowest BCUT2D eigenvalue weighted by Gasteiger charge is -2.04. The Kier molecular flexibility index (Phi) is 4.40. The molecule has 0 atom stereocenters. The number of aromatic nitrogens is 2. The highest BCUT2D eigenvalue weighted by atomic mass is 19.4. The van der Waals surface area contributed by atoms with Gasteiger partial charge in [-0.3, -0.25) is 9.63 Å². The maximum atomic E-state index is 13.9. The minimum atomic E-state index is -4.81. The van der Waals surface area contributed by atoms with Crippen molar-refractivity contribution in [3.05, 3.63) is 35.5 Å². The maximum Gasteiger partial charge on any atom is 0.471 e. The number of hydroxylamine groups is 1. The maximum absolute atomic E-state index is 13.9. The second-order valence-electron chi connectivity index (χ2n) is 4.14. The van der Waals surface area contributed by atoms with Gasteiger partial charge < -0.3 is 4.52 Å². The molecule has 0 spiro atoms. The van der Waals surface area contributed by atoms with Gasteiger partial charge in [0.15, 0.2) is 0 Å². The monoisotopic (exact) mass is 319 g/mol. The van der Waals surface area contributed by atoms with Crippen molar-refractivity contribution in [2.45, 2.75) is 12.6 Å². The summed E-state index contributed by atoms with van der Waals surface area (Å²) in [5.74, 6) is -3.48. The van der Waals surface area contributed by atoms with Gasteiger partial charge in [0.1, 0.15) is 5.82 Å². The van der Waals surface area contributed by atoms with E-state index in [2.05, 4.69) is 25.0 Å². The van der Waals surface area contributed by atoms with Crippen LogP contribution in [0.5, 0.6) is 0 Å². The zero-order valence-corrected chi connectivity index (χ0v) is 11.1. The van der Waals surface area contributed by atoms with Gasteiger partial charge in [-0.25, -0.2) is 9.87 Å². The van der Waals surface area contributed by atoms with E-state index in [1.54, 1.807) is 0 Å². The molecule has 0 aliphatic carbocycles. The fourth-order valence-electron chi connectivity index (χ4n) is 1.63. The number of halogens is 4. The van der Waals surface area contributed by atoms with E-state index >= 15 is 0 Å². The molecule has 0 radical (unpaired) electrons. The number of rotatable bonds is 4. The number of hydrogen-bond acceptors (Lipinski definition) is 5. The van der Waals surface area contributed by atoms with Crippen molar-refractivity contribution < 1.29 is 31.7 Å². The van der Waals surface area contributed by atoms with Crippen molar-refractivity contribution in [1.29, 1.82) is 0 Å². The summed E-state index contributed by atoms with van der Waals surface area (Å²) in [4.78, 5) is 18.8. The highest BCUT2D eigenvalue weighted by Gasteiger charge is 2.38. The number of nitrogens with one attached hydrogen (secondary N) is 1. The lowest BCUT2D eigenvalue weighted by atomic mass is 10.1. The van der Waals surface area contributed by atoms with Gasteiger partial charge >= 0.3 is 12.1 Å². The molecule has 2 rings (SSSR count). The molecule has 0 fully saturated rings. The van der Waals surface area contributed by atoms with Gasteiger partial charge in [-0.15, -0.1) is 0 Å². The van der Waals surface area contributed by atoms with E-state index in [9.17, 15) is 22.4 Å². The lowest BCUT2D eigenvalue weighted by Crippen LogP contribution is -2.23. The van der Waals surface area contributed by atoms with Crippen molar-refractivity contribution in [3.8, 4) is 11.4 Å². The predicted octanol–water partition coefficient (Wildman–Crippen LogP) is 2.11. The van der Waals surface area contributed by atoms with Gasteiger partial charge in [-0.1, -0.05) is 11.2 Å². The summed E-state index contributed by atoms with van der Waals surface area (Å²) in [6.07, 6.45) is -4.97. The second kappa shape index (κ2) is 6.10. The van der Waals surface area contributed by atoms with E-state index in [4.69, 9.17) is 0 Å². The molecule has 1 aromatic carbocycles. The van der Waals surface area contributed by atoms with Gasteiger partial charge in [0.05, 0.1) is 19.1 Å². The number of alkyl halides is 3. The zero-order valence-electron chi connectivity index (χ0n) is 11.1. The number of benzene rings is 1. The molecule has 0 aliphatic rings. The predicted molar refractivity (Wildman–Crippen MR) is 63.5 cm³/mol. The summed E-state index contributed by atoms with van der Waals surface area (Å²) < 4.78 is 55.0. The van der Waals surface area contributed by atoms with Crippen LogP contribution in [0.4, 0.5) is 17.6 Å². The first-order chi connectivity index (χ1) is 10.3. The molecule has 118 valence electrons. The molecule has 1 N–H and O–H groups in total. The molecule has 1 aromatic heterocycles. The number of carbonyl (C=O) groups is 1. The first-order valence-electron chi connectivity index (χ1n) is 5.83. The zero-order chi connectivity index (χ0) is 16.3. The Bertz CT molecular complexity index is 684. The number of hydrogen-bond donors (Lipinski definition) is 1. The van der Waals surface area contributed by atoms with E-state index in [1.165, 1.54) is 13.2 Å². The summed E-state index contributed by atoms with van der Waals surface area (Å²) in [7, 11) is 1.25. The smallest absolute Gasteiger partial charge is 0.329 e. The third-order valence-electron chi connectivity index (χ3n) is 2.52. The van der Waals surface area contributed by atoms with Crippen LogP contribution in [0.1, 0.15) is 11.5 Å². The Morgan fingerprint density at radius 3 is 2.68 bits per heavy atom. The average Bonchev–Trinajstić information content (AvgIpc) is 2.88. The van der Waals surface area contributed by atoms with Crippen LogP contribution in [-0.2, 0) is 22.2 Å². The quantitative estimate of drug-likeness (QED) is 0.690. The SMILES string of the molecule is CONC(=O)Cc1ccc(-c2noc(C(F)(F)F)n2)c(F)c1. The van der Waals surface area contributed by atoms with E-state index in [-0.39, 0.29) is 12.0 Å². The van der Waals surface area contributed by atoms with Crippen LogP contribution >= 0.6 is 0 Å². The van der Waals surface area contributed by atoms with Crippen LogP contribution in [0.2, 0.25) is 0 Å². The minimum Gasteiger partial charge on any atom is -0.329 e. The Labute approximate surface area is 121 Å². The molecule has 1 heterocycles. The third-order valence-corrected chi connectivity index (χ3v) is 2.52. The second-order valence-corrected chi connectivity index (χ2v) is 4.14. The summed E-state index contributed by atoms with van der Waals surface area (Å²) in [6.45, 7) is 0. The van der Waals surface area contributed by atoms with Gasteiger partial charge in [-0.05, 0) is 17.7 Å². The van der Waals surface area contributed by atoms with Crippen LogP contribution in [0.25, 0.3) is 11.4 Å². The highest BCUT2D eigenvalue weighted by Crippen LogP contribution is 2.30. The molecule has 10 heteroatoms. The molecule has 0 saturated carbocycles. The van der Waals surface area contributed by atoms with Crippen molar-refractivity contribution in [3.63, 3.8) is 0 Å². The van der Waals surface area contributed by atoms with E-state index in [1.807, 2.05) is 0 Å². The molecule has 0 bridgehead atoms. The molecule has 6 nitrogen and oxygen atoms in total. The number of carbonyl (C=O) groups excluding carboxylic acids is 1. The summed E-state index contributed by atoms with van der Waals surface area (Å²) in [5.41, 5.74) is 2.09. The van der Waals surface area contributed by atoms with Crippen LogP contribution < -0.4 is 5.48 Å². The van der Waals surface area contributed by atoms with Crippen LogP contribution in [0, 0.1) is 5.82 Å². The molecule has 1 amide bonds. The summed E-state index contributed by atoms with van der Waals surface area (Å²) in [6, 6.07) is 3.52. The normalized spacial score (nSPS) is 11.5.